The summed E-state index contributed by atoms with van der Waals surface area (Å²) in [6.07, 6.45) is 1.99. The van der Waals surface area contributed by atoms with E-state index in [1.165, 1.54) is 0 Å². The minimum Gasteiger partial charge on any atom is -0.383 e. The molecule has 2 heterocycles. The molecule has 118 valence electrons. The molecular weight excluding hydrogens is 278 g/mol. The lowest BCUT2D eigenvalue weighted by Crippen LogP contribution is -2.55. The first-order valence-corrected chi connectivity index (χ1v) is 7.45. The van der Waals surface area contributed by atoms with Crippen LogP contribution in [0.1, 0.15) is 19.8 Å². The Hall–Kier alpha value is -0.360. The molecule has 2 aliphatic rings. The Morgan fingerprint density at radius 3 is 2.60 bits per heavy atom. The van der Waals surface area contributed by atoms with Crippen LogP contribution in [0.4, 0.5) is 0 Å². The molecule has 1 N–H and O–H groups in total. The van der Waals surface area contributed by atoms with E-state index in [-0.39, 0.29) is 18.3 Å². The van der Waals surface area contributed by atoms with Gasteiger partial charge in [-0.1, -0.05) is 0 Å². The Bertz CT molecular complexity index is 298. The Morgan fingerprint density at radius 1 is 1.30 bits per heavy atom. The van der Waals surface area contributed by atoms with E-state index in [4.69, 9.17) is 4.74 Å². The van der Waals surface area contributed by atoms with Crippen molar-refractivity contribution in [2.45, 2.75) is 25.8 Å². The average Bonchev–Trinajstić information content (AvgIpc) is 2.46. The molecule has 0 aromatic carbocycles. The SMILES string of the molecule is COCCN1CCN(C(=O)C2CCNCC2)CC1C.Cl. The summed E-state index contributed by atoms with van der Waals surface area (Å²) >= 11 is 0. The number of halogens is 1. The molecule has 0 spiro atoms. The van der Waals surface area contributed by atoms with Gasteiger partial charge < -0.3 is 15.0 Å². The van der Waals surface area contributed by atoms with Gasteiger partial charge >= 0.3 is 0 Å². The number of nitrogens with zero attached hydrogens (tertiary/aromatic N) is 2. The van der Waals surface area contributed by atoms with E-state index in [9.17, 15) is 4.79 Å². The van der Waals surface area contributed by atoms with Crippen molar-refractivity contribution in [1.29, 1.82) is 0 Å². The molecule has 0 aliphatic carbocycles. The van der Waals surface area contributed by atoms with Crippen molar-refractivity contribution in [3.05, 3.63) is 0 Å². The smallest absolute Gasteiger partial charge is 0.225 e. The third-order valence-corrected chi connectivity index (χ3v) is 4.35. The van der Waals surface area contributed by atoms with Crippen molar-refractivity contribution in [2.24, 2.45) is 5.92 Å². The number of rotatable bonds is 4. The first kappa shape index (κ1) is 17.7. The van der Waals surface area contributed by atoms with Crippen LogP contribution in [0.5, 0.6) is 0 Å². The third kappa shape index (κ3) is 4.58. The van der Waals surface area contributed by atoms with Gasteiger partial charge in [0.1, 0.15) is 0 Å². The number of ether oxygens (including phenoxy) is 1. The maximum absolute atomic E-state index is 12.5. The topological polar surface area (TPSA) is 44.8 Å². The second kappa shape index (κ2) is 8.82. The molecule has 0 bridgehead atoms. The highest BCUT2D eigenvalue weighted by Gasteiger charge is 2.30. The van der Waals surface area contributed by atoms with Crippen LogP contribution in [0.25, 0.3) is 0 Å². The van der Waals surface area contributed by atoms with Crippen molar-refractivity contribution in [1.82, 2.24) is 15.1 Å². The second-order valence-electron chi connectivity index (χ2n) is 5.69. The van der Waals surface area contributed by atoms with Gasteiger partial charge in [0.15, 0.2) is 0 Å². The molecule has 0 radical (unpaired) electrons. The summed E-state index contributed by atoms with van der Waals surface area (Å²) in [5.41, 5.74) is 0. The van der Waals surface area contributed by atoms with E-state index in [1.807, 2.05) is 0 Å². The lowest BCUT2D eigenvalue weighted by atomic mass is 9.96. The van der Waals surface area contributed by atoms with Crippen LogP contribution >= 0.6 is 12.4 Å². The van der Waals surface area contributed by atoms with Crippen molar-refractivity contribution in [3.8, 4) is 0 Å². The standard InChI is InChI=1S/C14H27N3O2.ClH/c1-12-11-17(8-7-16(12)9-10-19-2)14(18)13-3-5-15-6-4-13;/h12-13,15H,3-11H2,1-2H3;1H. The van der Waals surface area contributed by atoms with Crippen LogP contribution in [0.3, 0.4) is 0 Å². The first-order valence-electron chi connectivity index (χ1n) is 7.45. The highest BCUT2D eigenvalue weighted by atomic mass is 35.5. The van der Waals surface area contributed by atoms with Crippen molar-refractivity contribution in [3.63, 3.8) is 0 Å². The normalized spacial score (nSPS) is 25.3. The molecule has 2 fully saturated rings. The zero-order valence-corrected chi connectivity index (χ0v) is 13.5. The maximum atomic E-state index is 12.5. The van der Waals surface area contributed by atoms with Crippen molar-refractivity contribution in [2.75, 3.05) is 53.0 Å². The van der Waals surface area contributed by atoms with Crippen LogP contribution in [0, 0.1) is 5.92 Å². The van der Waals surface area contributed by atoms with Gasteiger partial charge in [0.25, 0.3) is 0 Å². The summed E-state index contributed by atoms with van der Waals surface area (Å²) in [6, 6.07) is 0.439. The van der Waals surface area contributed by atoms with E-state index < -0.39 is 0 Å². The van der Waals surface area contributed by atoms with Gasteiger partial charge in [0.05, 0.1) is 6.61 Å². The Labute approximate surface area is 128 Å². The number of nitrogens with one attached hydrogen (secondary N) is 1. The number of amides is 1. The van der Waals surface area contributed by atoms with Gasteiger partial charge in [-0.3, -0.25) is 9.69 Å². The van der Waals surface area contributed by atoms with Gasteiger partial charge in [-0.05, 0) is 32.9 Å². The van der Waals surface area contributed by atoms with E-state index in [1.54, 1.807) is 7.11 Å². The number of methoxy groups -OCH3 is 1. The number of hydrogen-bond donors (Lipinski definition) is 1. The fraction of sp³-hybridized carbons (Fsp3) is 0.929. The molecular formula is C14H28ClN3O2. The zero-order valence-electron chi connectivity index (χ0n) is 12.6. The largest absolute Gasteiger partial charge is 0.383 e. The lowest BCUT2D eigenvalue weighted by Gasteiger charge is -2.41. The fourth-order valence-electron chi connectivity index (χ4n) is 3.06. The van der Waals surface area contributed by atoms with E-state index >= 15 is 0 Å². The van der Waals surface area contributed by atoms with Gasteiger partial charge in [0.2, 0.25) is 5.91 Å². The Balaban J connectivity index is 0.00000200. The van der Waals surface area contributed by atoms with Crippen molar-refractivity contribution >= 4 is 18.3 Å². The summed E-state index contributed by atoms with van der Waals surface area (Å²) in [6.45, 7) is 8.63. The summed E-state index contributed by atoms with van der Waals surface area (Å²) in [5, 5.41) is 3.32. The van der Waals surface area contributed by atoms with Crippen LogP contribution < -0.4 is 5.32 Å². The molecule has 2 aliphatic heterocycles. The minimum absolute atomic E-state index is 0. The molecule has 2 saturated heterocycles. The number of carbonyl (C=O) groups is 1. The summed E-state index contributed by atoms with van der Waals surface area (Å²) in [4.78, 5) is 17.0. The van der Waals surface area contributed by atoms with Crippen LogP contribution in [-0.4, -0.2) is 74.7 Å². The Morgan fingerprint density at radius 2 is 2.00 bits per heavy atom. The fourth-order valence-corrected chi connectivity index (χ4v) is 3.06. The third-order valence-electron chi connectivity index (χ3n) is 4.35. The summed E-state index contributed by atoms with van der Waals surface area (Å²) < 4.78 is 5.13. The van der Waals surface area contributed by atoms with Gasteiger partial charge in [-0.15, -0.1) is 12.4 Å². The predicted molar refractivity (Wildman–Crippen MR) is 82.3 cm³/mol. The monoisotopic (exact) mass is 305 g/mol. The van der Waals surface area contributed by atoms with E-state index in [0.29, 0.717) is 11.9 Å². The molecule has 2 rings (SSSR count). The lowest BCUT2D eigenvalue weighted by molar-refractivity contribution is -0.139. The average molecular weight is 306 g/mol. The van der Waals surface area contributed by atoms with Crippen molar-refractivity contribution < 1.29 is 9.53 Å². The van der Waals surface area contributed by atoms with E-state index in [0.717, 1.165) is 58.7 Å². The number of piperidine rings is 1. The zero-order chi connectivity index (χ0) is 13.7. The summed E-state index contributed by atoms with van der Waals surface area (Å²) in [7, 11) is 1.74. The maximum Gasteiger partial charge on any atom is 0.225 e. The number of carbonyl (C=O) groups excluding carboxylic acids is 1. The highest BCUT2D eigenvalue weighted by Crippen LogP contribution is 2.18. The first-order chi connectivity index (χ1) is 9.22. The van der Waals surface area contributed by atoms with Crippen LogP contribution in [0.2, 0.25) is 0 Å². The molecule has 1 unspecified atom stereocenters. The molecule has 1 amide bonds. The molecule has 0 aromatic rings. The van der Waals surface area contributed by atoms with Crippen LogP contribution in [0.15, 0.2) is 0 Å². The van der Waals surface area contributed by atoms with Gasteiger partial charge in [-0.25, -0.2) is 0 Å². The molecule has 5 nitrogen and oxygen atoms in total. The van der Waals surface area contributed by atoms with Crippen LogP contribution in [-0.2, 0) is 9.53 Å². The quantitative estimate of drug-likeness (QED) is 0.825. The second-order valence-corrected chi connectivity index (χ2v) is 5.69. The molecule has 6 heteroatoms. The molecule has 0 aromatic heterocycles. The molecule has 1 atom stereocenters. The Kier molecular flexibility index (Phi) is 7.80. The molecule has 20 heavy (non-hydrogen) atoms. The van der Waals surface area contributed by atoms with Gasteiger partial charge in [0, 0.05) is 45.2 Å². The number of hydrogen-bond acceptors (Lipinski definition) is 4. The predicted octanol–water partition coefficient (Wildman–Crippen LogP) is 0.587. The highest BCUT2D eigenvalue weighted by molar-refractivity contribution is 5.85. The summed E-state index contributed by atoms with van der Waals surface area (Å²) in [5.74, 6) is 0.624. The van der Waals surface area contributed by atoms with E-state index in [2.05, 4.69) is 22.0 Å². The molecule has 0 saturated carbocycles. The number of piperazine rings is 1. The minimum atomic E-state index is 0. The van der Waals surface area contributed by atoms with Gasteiger partial charge in [-0.2, -0.15) is 0 Å².